The summed E-state index contributed by atoms with van der Waals surface area (Å²) in [6.07, 6.45) is 2.25. The SMILES string of the molecule is CCOCC(C)(O)C1CC(C)CCN1. The Labute approximate surface area is 86.8 Å². The molecule has 0 bridgehead atoms. The van der Waals surface area contributed by atoms with Gasteiger partial charge in [0.15, 0.2) is 0 Å². The van der Waals surface area contributed by atoms with E-state index in [1.54, 1.807) is 0 Å². The summed E-state index contributed by atoms with van der Waals surface area (Å²) in [7, 11) is 0. The summed E-state index contributed by atoms with van der Waals surface area (Å²) in [5.41, 5.74) is -0.731. The number of hydrogen-bond donors (Lipinski definition) is 2. The van der Waals surface area contributed by atoms with E-state index in [1.165, 1.54) is 6.42 Å². The lowest BCUT2D eigenvalue weighted by Gasteiger charge is -2.38. The van der Waals surface area contributed by atoms with Crippen LogP contribution in [0.4, 0.5) is 0 Å². The molecular weight excluding hydrogens is 178 g/mol. The highest BCUT2D eigenvalue weighted by Gasteiger charge is 2.34. The van der Waals surface area contributed by atoms with Crippen molar-refractivity contribution in [1.29, 1.82) is 0 Å². The minimum Gasteiger partial charge on any atom is -0.386 e. The fourth-order valence-electron chi connectivity index (χ4n) is 1.99. The van der Waals surface area contributed by atoms with Crippen molar-refractivity contribution in [3.8, 4) is 0 Å². The van der Waals surface area contributed by atoms with Gasteiger partial charge in [0.1, 0.15) is 5.60 Å². The molecule has 0 aromatic heterocycles. The van der Waals surface area contributed by atoms with Crippen molar-refractivity contribution >= 4 is 0 Å². The number of piperidine rings is 1. The number of rotatable bonds is 4. The molecule has 1 heterocycles. The average Bonchev–Trinajstić information content (AvgIpc) is 2.15. The molecule has 3 atom stereocenters. The average molecular weight is 201 g/mol. The molecule has 2 N–H and O–H groups in total. The van der Waals surface area contributed by atoms with Gasteiger partial charge in [-0.1, -0.05) is 6.92 Å². The summed E-state index contributed by atoms with van der Waals surface area (Å²) in [5.74, 6) is 0.703. The highest BCUT2D eigenvalue weighted by Crippen LogP contribution is 2.23. The Morgan fingerprint density at radius 1 is 1.57 bits per heavy atom. The maximum atomic E-state index is 10.2. The second-order valence-electron chi connectivity index (χ2n) is 4.63. The quantitative estimate of drug-likeness (QED) is 0.717. The zero-order valence-electron chi connectivity index (χ0n) is 9.55. The second-order valence-corrected chi connectivity index (χ2v) is 4.63. The molecule has 3 nitrogen and oxygen atoms in total. The summed E-state index contributed by atoms with van der Waals surface area (Å²) < 4.78 is 5.30. The maximum Gasteiger partial charge on any atom is 0.100 e. The Morgan fingerprint density at radius 2 is 2.29 bits per heavy atom. The Bertz CT molecular complexity index is 171. The van der Waals surface area contributed by atoms with Crippen LogP contribution in [0, 0.1) is 5.92 Å². The lowest BCUT2D eigenvalue weighted by molar-refractivity contribution is -0.0636. The fourth-order valence-corrected chi connectivity index (χ4v) is 1.99. The number of nitrogens with one attached hydrogen (secondary N) is 1. The predicted octanol–water partition coefficient (Wildman–Crippen LogP) is 1.16. The Balaban J connectivity index is 2.43. The standard InChI is InChI=1S/C11H23NO2/c1-4-14-8-11(3,13)10-7-9(2)5-6-12-10/h9-10,12-13H,4-8H2,1-3H3. The van der Waals surface area contributed by atoms with Gasteiger partial charge in [-0.2, -0.15) is 0 Å². The summed E-state index contributed by atoms with van der Waals surface area (Å²) in [6, 6.07) is 0.179. The van der Waals surface area contributed by atoms with Crippen LogP contribution in [0.25, 0.3) is 0 Å². The largest absolute Gasteiger partial charge is 0.386 e. The molecule has 1 aliphatic heterocycles. The first-order chi connectivity index (χ1) is 6.56. The van der Waals surface area contributed by atoms with Crippen LogP contribution in [-0.2, 0) is 4.74 Å². The Kier molecular flexibility index (Phi) is 4.35. The molecule has 0 spiro atoms. The van der Waals surface area contributed by atoms with Gasteiger partial charge in [-0.3, -0.25) is 0 Å². The van der Waals surface area contributed by atoms with Crippen LogP contribution >= 0.6 is 0 Å². The van der Waals surface area contributed by atoms with Crippen LogP contribution in [0.5, 0.6) is 0 Å². The molecule has 0 saturated carbocycles. The molecule has 0 amide bonds. The smallest absolute Gasteiger partial charge is 0.100 e. The number of aliphatic hydroxyl groups is 1. The third kappa shape index (κ3) is 3.23. The minimum absolute atomic E-state index is 0.179. The third-order valence-electron chi connectivity index (χ3n) is 3.02. The molecule has 14 heavy (non-hydrogen) atoms. The molecule has 0 aliphatic carbocycles. The molecule has 1 aliphatic rings. The summed E-state index contributed by atoms with van der Waals surface area (Å²) in [5, 5.41) is 13.6. The van der Waals surface area contributed by atoms with E-state index in [1.807, 2.05) is 13.8 Å². The van der Waals surface area contributed by atoms with E-state index in [-0.39, 0.29) is 6.04 Å². The van der Waals surface area contributed by atoms with E-state index in [4.69, 9.17) is 4.74 Å². The van der Waals surface area contributed by atoms with E-state index in [2.05, 4.69) is 12.2 Å². The van der Waals surface area contributed by atoms with Gasteiger partial charge in [-0.15, -0.1) is 0 Å². The summed E-state index contributed by atoms with van der Waals surface area (Å²) in [4.78, 5) is 0. The summed E-state index contributed by atoms with van der Waals surface area (Å²) >= 11 is 0. The molecule has 0 radical (unpaired) electrons. The van der Waals surface area contributed by atoms with Crippen molar-refractivity contribution in [2.24, 2.45) is 5.92 Å². The highest BCUT2D eigenvalue weighted by molar-refractivity contribution is 4.91. The fraction of sp³-hybridized carbons (Fsp3) is 1.00. The third-order valence-corrected chi connectivity index (χ3v) is 3.02. The van der Waals surface area contributed by atoms with Gasteiger partial charge < -0.3 is 15.2 Å². The van der Waals surface area contributed by atoms with Gasteiger partial charge in [-0.05, 0) is 39.2 Å². The van der Waals surface area contributed by atoms with Crippen molar-refractivity contribution in [2.45, 2.75) is 45.3 Å². The molecule has 1 fully saturated rings. The summed E-state index contributed by atoms with van der Waals surface area (Å²) in [6.45, 7) is 8.15. The Morgan fingerprint density at radius 3 is 2.86 bits per heavy atom. The maximum absolute atomic E-state index is 10.2. The lowest BCUT2D eigenvalue weighted by atomic mass is 9.85. The second kappa shape index (κ2) is 5.10. The molecule has 1 rings (SSSR count). The van der Waals surface area contributed by atoms with Crippen LogP contribution in [-0.4, -0.2) is 36.5 Å². The number of hydrogen-bond acceptors (Lipinski definition) is 3. The highest BCUT2D eigenvalue weighted by atomic mass is 16.5. The topological polar surface area (TPSA) is 41.5 Å². The molecule has 0 aromatic carbocycles. The number of ether oxygens (including phenoxy) is 1. The van der Waals surface area contributed by atoms with Crippen LogP contribution in [0.2, 0.25) is 0 Å². The Hall–Kier alpha value is -0.120. The van der Waals surface area contributed by atoms with Crippen molar-refractivity contribution in [1.82, 2.24) is 5.32 Å². The van der Waals surface area contributed by atoms with Gasteiger partial charge in [0.25, 0.3) is 0 Å². The van der Waals surface area contributed by atoms with Crippen LogP contribution in [0.3, 0.4) is 0 Å². The lowest BCUT2D eigenvalue weighted by Crippen LogP contribution is -2.54. The zero-order valence-corrected chi connectivity index (χ0v) is 9.55. The van der Waals surface area contributed by atoms with Crippen molar-refractivity contribution in [3.63, 3.8) is 0 Å². The van der Waals surface area contributed by atoms with E-state index in [0.29, 0.717) is 19.1 Å². The first-order valence-electron chi connectivity index (χ1n) is 5.59. The molecule has 3 unspecified atom stereocenters. The molecule has 0 aromatic rings. The van der Waals surface area contributed by atoms with Crippen LogP contribution in [0.1, 0.15) is 33.6 Å². The van der Waals surface area contributed by atoms with Crippen LogP contribution in [0.15, 0.2) is 0 Å². The molecule has 84 valence electrons. The monoisotopic (exact) mass is 201 g/mol. The normalized spacial score (nSPS) is 32.6. The van der Waals surface area contributed by atoms with Crippen molar-refractivity contribution in [2.75, 3.05) is 19.8 Å². The van der Waals surface area contributed by atoms with Gasteiger partial charge in [0, 0.05) is 12.6 Å². The van der Waals surface area contributed by atoms with E-state index >= 15 is 0 Å². The predicted molar refractivity (Wildman–Crippen MR) is 57.3 cm³/mol. The van der Waals surface area contributed by atoms with E-state index < -0.39 is 5.60 Å². The first-order valence-corrected chi connectivity index (χ1v) is 5.59. The minimum atomic E-state index is -0.731. The van der Waals surface area contributed by atoms with Gasteiger partial charge in [0.2, 0.25) is 0 Å². The van der Waals surface area contributed by atoms with Gasteiger partial charge in [-0.25, -0.2) is 0 Å². The van der Waals surface area contributed by atoms with Crippen molar-refractivity contribution in [3.05, 3.63) is 0 Å². The van der Waals surface area contributed by atoms with E-state index in [0.717, 1.165) is 13.0 Å². The van der Waals surface area contributed by atoms with Gasteiger partial charge in [0.05, 0.1) is 6.61 Å². The van der Waals surface area contributed by atoms with Crippen LogP contribution < -0.4 is 5.32 Å². The first kappa shape index (κ1) is 12.0. The van der Waals surface area contributed by atoms with E-state index in [9.17, 15) is 5.11 Å². The zero-order chi connectivity index (χ0) is 10.6. The molecule has 3 heteroatoms. The van der Waals surface area contributed by atoms with Gasteiger partial charge >= 0.3 is 0 Å². The molecule has 1 saturated heterocycles. The van der Waals surface area contributed by atoms with Crippen molar-refractivity contribution < 1.29 is 9.84 Å². The molecular formula is C11H23NO2.